The zero-order valence-electron chi connectivity index (χ0n) is 12.9. The molecule has 0 radical (unpaired) electrons. The Labute approximate surface area is 127 Å². The Morgan fingerprint density at radius 2 is 1.95 bits per heavy atom. The molecule has 118 valence electrons. The number of piperidine rings is 1. The van der Waals surface area contributed by atoms with E-state index < -0.39 is 10.0 Å². The lowest BCUT2D eigenvalue weighted by Crippen LogP contribution is -2.38. The van der Waals surface area contributed by atoms with Crippen LogP contribution in [0.1, 0.15) is 43.7 Å². The molecule has 0 spiro atoms. The van der Waals surface area contributed by atoms with Crippen LogP contribution in [-0.2, 0) is 16.6 Å². The normalized spacial score (nSPS) is 18.0. The first kappa shape index (κ1) is 16.5. The van der Waals surface area contributed by atoms with Crippen molar-refractivity contribution in [2.24, 2.45) is 5.92 Å². The van der Waals surface area contributed by atoms with E-state index in [4.69, 9.17) is 0 Å². The van der Waals surface area contributed by atoms with Crippen LogP contribution in [0.15, 0.2) is 23.1 Å². The van der Waals surface area contributed by atoms with Crippen LogP contribution in [0.4, 0.5) is 0 Å². The minimum atomic E-state index is -3.44. The molecule has 1 aromatic carbocycles. The number of aryl methyl sites for hydroxylation is 1. The van der Waals surface area contributed by atoms with Crippen LogP contribution < -0.4 is 0 Å². The highest BCUT2D eigenvalue weighted by molar-refractivity contribution is 7.89. The maximum atomic E-state index is 12.8. The average Bonchev–Trinajstić information content (AvgIpc) is 2.48. The lowest BCUT2D eigenvalue weighted by molar-refractivity contribution is 0.262. The second kappa shape index (κ2) is 6.90. The van der Waals surface area contributed by atoms with Crippen LogP contribution in [0.3, 0.4) is 0 Å². The maximum absolute atomic E-state index is 12.8. The molecule has 1 aromatic rings. The van der Waals surface area contributed by atoms with Gasteiger partial charge in [-0.1, -0.05) is 31.9 Å². The largest absolute Gasteiger partial charge is 0.392 e. The van der Waals surface area contributed by atoms with Gasteiger partial charge in [-0.2, -0.15) is 4.31 Å². The molecular formula is C16H25NO3S. The summed E-state index contributed by atoms with van der Waals surface area (Å²) < 4.78 is 27.2. The van der Waals surface area contributed by atoms with Crippen molar-refractivity contribution < 1.29 is 13.5 Å². The summed E-state index contributed by atoms with van der Waals surface area (Å²) >= 11 is 0. The maximum Gasteiger partial charge on any atom is 0.243 e. The predicted octanol–water partition coefficient (Wildman–Crippen LogP) is 2.69. The molecule has 0 saturated carbocycles. The topological polar surface area (TPSA) is 57.6 Å². The number of aliphatic hydroxyl groups is 1. The third-order valence-corrected chi connectivity index (χ3v) is 6.36. The van der Waals surface area contributed by atoms with Crippen LogP contribution in [0.25, 0.3) is 0 Å². The van der Waals surface area contributed by atoms with Gasteiger partial charge in [0, 0.05) is 13.1 Å². The van der Waals surface area contributed by atoms with E-state index in [2.05, 4.69) is 6.92 Å². The number of sulfonamides is 1. The van der Waals surface area contributed by atoms with Crippen LogP contribution >= 0.6 is 0 Å². The molecule has 0 unspecified atom stereocenters. The molecule has 1 aliphatic rings. The van der Waals surface area contributed by atoms with Gasteiger partial charge in [0.05, 0.1) is 11.5 Å². The fraction of sp³-hybridized carbons (Fsp3) is 0.625. The number of aliphatic hydroxyl groups excluding tert-OH is 1. The average molecular weight is 311 g/mol. The van der Waals surface area contributed by atoms with E-state index in [0.29, 0.717) is 29.5 Å². The molecule has 0 aliphatic carbocycles. The van der Waals surface area contributed by atoms with Gasteiger partial charge in [0.2, 0.25) is 10.0 Å². The van der Waals surface area contributed by atoms with Crippen LogP contribution in [0, 0.1) is 12.8 Å². The van der Waals surface area contributed by atoms with E-state index in [9.17, 15) is 13.5 Å². The van der Waals surface area contributed by atoms with Crippen molar-refractivity contribution in [2.75, 3.05) is 13.1 Å². The molecule has 0 aromatic heterocycles. The van der Waals surface area contributed by atoms with Crippen molar-refractivity contribution in [1.82, 2.24) is 4.31 Å². The van der Waals surface area contributed by atoms with E-state index in [1.807, 2.05) is 0 Å². The number of hydrogen-bond donors (Lipinski definition) is 1. The number of rotatable bonds is 5. The molecule has 1 fully saturated rings. The molecule has 0 atom stereocenters. The predicted molar refractivity (Wildman–Crippen MR) is 83.5 cm³/mol. The summed E-state index contributed by atoms with van der Waals surface area (Å²) in [5, 5.41) is 9.21. The Morgan fingerprint density at radius 1 is 1.29 bits per heavy atom. The third-order valence-electron chi connectivity index (χ3n) is 4.32. The minimum absolute atomic E-state index is 0.138. The van der Waals surface area contributed by atoms with Crippen molar-refractivity contribution in [3.8, 4) is 0 Å². The lowest BCUT2D eigenvalue weighted by Gasteiger charge is -2.31. The summed E-state index contributed by atoms with van der Waals surface area (Å²) in [6.45, 7) is 5.05. The van der Waals surface area contributed by atoms with Gasteiger partial charge in [0.25, 0.3) is 0 Å². The molecular weight excluding hydrogens is 286 g/mol. The highest BCUT2D eigenvalue weighted by Crippen LogP contribution is 2.28. The Morgan fingerprint density at radius 3 is 2.52 bits per heavy atom. The Balaban J connectivity index is 2.19. The van der Waals surface area contributed by atoms with Crippen molar-refractivity contribution in [3.05, 3.63) is 29.3 Å². The Bertz CT molecular complexity index is 575. The van der Waals surface area contributed by atoms with Crippen LogP contribution in [0.2, 0.25) is 0 Å². The summed E-state index contributed by atoms with van der Waals surface area (Å²) in [5.41, 5.74) is 1.38. The zero-order chi connectivity index (χ0) is 15.5. The summed E-state index contributed by atoms with van der Waals surface area (Å²) in [5.74, 6) is 0.659. The van der Waals surface area contributed by atoms with Gasteiger partial charge in [-0.15, -0.1) is 0 Å². The SMILES string of the molecule is CCCC1CCN(S(=O)(=O)c2cc(CO)ccc2C)CC1. The molecule has 5 heteroatoms. The standard InChI is InChI=1S/C16H25NO3S/c1-3-4-14-7-9-17(10-8-14)21(19,20)16-11-15(12-18)6-5-13(16)2/h5-6,11,14,18H,3-4,7-10,12H2,1-2H3. The van der Waals surface area contributed by atoms with Crippen LogP contribution in [-0.4, -0.2) is 30.9 Å². The summed E-state index contributed by atoms with van der Waals surface area (Å²) in [4.78, 5) is 0.336. The fourth-order valence-electron chi connectivity index (χ4n) is 3.01. The molecule has 4 nitrogen and oxygen atoms in total. The first-order chi connectivity index (χ1) is 9.98. The summed E-state index contributed by atoms with van der Waals surface area (Å²) in [6, 6.07) is 5.13. The quantitative estimate of drug-likeness (QED) is 0.909. The zero-order valence-corrected chi connectivity index (χ0v) is 13.7. The minimum Gasteiger partial charge on any atom is -0.392 e. The molecule has 1 aliphatic heterocycles. The molecule has 1 N–H and O–H groups in total. The van der Waals surface area contributed by atoms with Gasteiger partial charge in [-0.25, -0.2) is 8.42 Å². The second-order valence-corrected chi connectivity index (χ2v) is 7.80. The lowest BCUT2D eigenvalue weighted by atomic mass is 9.94. The van der Waals surface area contributed by atoms with Gasteiger partial charge >= 0.3 is 0 Å². The molecule has 0 bridgehead atoms. The van der Waals surface area contributed by atoms with Crippen molar-refractivity contribution >= 4 is 10.0 Å². The summed E-state index contributed by atoms with van der Waals surface area (Å²) in [6.07, 6.45) is 4.25. The smallest absolute Gasteiger partial charge is 0.243 e. The second-order valence-electron chi connectivity index (χ2n) is 5.89. The highest BCUT2D eigenvalue weighted by Gasteiger charge is 2.30. The summed E-state index contributed by atoms with van der Waals surface area (Å²) in [7, 11) is -3.44. The van der Waals surface area contributed by atoms with Gasteiger partial charge in [0.1, 0.15) is 0 Å². The molecule has 0 amide bonds. The van der Waals surface area contributed by atoms with Crippen molar-refractivity contribution in [3.63, 3.8) is 0 Å². The first-order valence-corrected chi connectivity index (χ1v) is 9.13. The highest BCUT2D eigenvalue weighted by atomic mass is 32.2. The van der Waals surface area contributed by atoms with Gasteiger partial charge in [0.15, 0.2) is 0 Å². The van der Waals surface area contributed by atoms with E-state index in [1.165, 1.54) is 6.42 Å². The fourth-order valence-corrected chi connectivity index (χ4v) is 4.75. The molecule has 1 saturated heterocycles. The first-order valence-electron chi connectivity index (χ1n) is 7.69. The Kier molecular flexibility index (Phi) is 5.41. The molecule has 21 heavy (non-hydrogen) atoms. The monoisotopic (exact) mass is 311 g/mol. The van der Waals surface area contributed by atoms with Crippen molar-refractivity contribution in [2.45, 2.75) is 51.0 Å². The molecule has 2 rings (SSSR count). The number of benzene rings is 1. The van der Waals surface area contributed by atoms with Gasteiger partial charge in [-0.05, 0) is 42.9 Å². The van der Waals surface area contributed by atoms with E-state index in [0.717, 1.165) is 24.8 Å². The third kappa shape index (κ3) is 3.65. The van der Waals surface area contributed by atoms with E-state index in [1.54, 1.807) is 29.4 Å². The van der Waals surface area contributed by atoms with Gasteiger partial charge < -0.3 is 5.11 Å². The van der Waals surface area contributed by atoms with Crippen molar-refractivity contribution in [1.29, 1.82) is 0 Å². The van der Waals surface area contributed by atoms with E-state index in [-0.39, 0.29) is 6.61 Å². The van der Waals surface area contributed by atoms with Gasteiger partial charge in [-0.3, -0.25) is 0 Å². The van der Waals surface area contributed by atoms with E-state index >= 15 is 0 Å². The Hall–Kier alpha value is -0.910. The van der Waals surface area contributed by atoms with Crippen LogP contribution in [0.5, 0.6) is 0 Å². The molecule has 1 heterocycles. The number of hydrogen-bond acceptors (Lipinski definition) is 3. The number of nitrogens with zero attached hydrogens (tertiary/aromatic N) is 1.